The SMILES string of the molecule is Cc1ccccc1CN1CCCN(Cc2nc(COc3ccc(F)cc3)no2)CC1. The van der Waals surface area contributed by atoms with Crippen LogP contribution in [0.3, 0.4) is 0 Å². The van der Waals surface area contributed by atoms with E-state index < -0.39 is 0 Å². The lowest BCUT2D eigenvalue weighted by Gasteiger charge is -2.21. The molecule has 6 nitrogen and oxygen atoms in total. The Bertz CT molecular complexity index is 944. The average molecular weight is 410 g/mol. The van der Waals surface area contributed by atoms with E-state index >= 15 is 0 Å². The second-order valence-electron chi connectivity index (χ2n) is 7.68. The summed E-state index contributed by atoms with van der Waals surface area (Å²) in [5.74, 6) is 1.37. The van der Waals surface area contributed by atoms with Crippen molar-refractivity contribution in [3.05, 3.63) is 77.2 Å². The highest BCUT2D eigenvalue weighted by Crippen LogP contribution is 2.15. The van der Waals surface area contributed by atoms with Crippen LogP contribution in [0.25, 0.3) is 0 Å². The van der Waals surface area contributed by atoms with Crippen molar-refractivity contribution >= 4 is 0 Å². The number of rotatable bonds is 7. The Labute approximate surface area is 176 Å². The number of hydrogen-bond donors (Lipinski definition) is 0. The van der Waals surface area contributed by atoms with Gasteiger partial charge >= 0.3 is 0 Å². The highest BCUT2D eigenvalue weighted by atomic mass is 19.1. The first-order valence-electron chi connectivity index (χ1n) is 10.3. The van der Waals surface area contributed by atoms with Gasteiger partial charge in [0.05, 0.1) is 6.54 Å². The molecule has 1 aliphatic heterocycles. The van der Waals surface area contributed by atoms with Gasteiger partial charge in [0.2, 0.25) is 11.7 Å². The molecule has 1 aliphatic rings. The van der Waals surface area contributed by atoms with E-state index in [2.05, 4.69) is 51.1 Å². The zero-order valence-electron chi connectivity index (χ0n) is 17.3. The normalized spacial score (nSPS) is 15.8. The van der Waals surface area contributed by atoms with Gasteiger partial charge in [0.25, 0.3) is 0 Å². The number of aromatic nitrogens is 2. The summed E-state index contributed by atoms with van der Waals surface area (Å²) in [4.78, 5) is 9.30. The first-order chi connectivity index (χ1) is 14.7. The fraction of sp³-hybridized carbons (Fsp3) is 0.391. The minimum absolute atomic E-state index is 0.194. The van der Waals surface area contributed by atoms with E-state index in [9.17, 15) is 4.39 Å². The molecule has 30 heavy (non-hydrogen) atoms. The average Bonchev–Trinajstić information content (AvgIpc) is 3.08. The molecule has 0 bridgehead atoms. The van der Waals surface area contributed by atoms with Gasteiger partial charge in [-0.3, -0.25) is 9.80 Å². The number of nitrogens with zero attached hydrogens (tertiary/aromatic N) is 4. The lowest BCUT2D eigenvalue weighted by Crippen LogP contribution is -2.30. The molecule has 0 unspecified atom stereocenters. The van der Waals surface area contributed by atoms with Crippen LogP contribution in [0.4, 0.5) is 4.39 Å². The van der Waals surface area contributed by atoms with Crippen molar-refractivity contribution in [3.8, 4) is 5.75 Å². The molecule has 3 aromatic rings. The summed E-state index contributed by atoms with van der Waals surface area (Å²) in [6.45, 7) is 8.08. The molecule has 0 amide bonds. The first kappa shape index (κ1) is 20.5. The van der Waals surface area contributed by atoms with Crippen molar-refractivity contribution in [2.24, 2.45) is 0 Å². The molecule has 0 N–H and O–H groups in total. The summed E-state index contributed by atoms with van der Waals surface area (Å²) >= 11 is 0. The molecule has 4 rings (SSSR count). The Morgan fingerprint density at radius 1 is 0.967 bits per heavy atom. The maximum absolute atomic E-state index is 13.0. The zero-order chi connectivity index (χ0) is 20.8. The van der Waals surface area contributed by atoms with E-state index in [1.54, 1.807) is 12.1 Å². The third-order valence-electron chi connectivity index (χ3n) is 5.39. The van der Waals surface area contributed by atoms with Gasteiger partial charge in [-0.2, -0.15) is 4.98 Å². The number of benzene rings is 2. The molecular formula is C23H27FN4O2. The predicted octanol–water partition coefficient (Wildman–Crippen LogP) is 3.80. The molecule has 7 heteroatoms. The number of aryl methyl sites for hydroxylation is 1. The van der Waals surface area contributed by atoms with Gasteiger partial charge in [0, 0.05) is 19.6 Å². The van der Waals surface area contributed by atoms with Crippen molar-refractivity contribution in [2.75, 3.05) is 26.2 Å². The molecule has 0 spiro atoms. The van der Waals surface area contributed by atoms with Gasteiger partial charge in [-0.15, -0.1) is 0 Å². The monoisotopic (exact) mass is 410 g/mol. The third-order valence-corrected chi connectivity index (χ3v) is 5.39. The Morgan fingerprint density at radius 3 is 2.47 bits per heavy atom. The smallest absolute Gasteiger partial charge is 0.240 e. The molecule has 1 fully saturated rings. The van der Waals surface area contributed by atoms with Crippen molar-refractivity contribution in [3.63, 3.8) is 0 Å². The quantitative estimate of drug-likeness (QED) is 0.591. The minimum atomic E-state index is -0.292. The van der Waals surface area contributed by atoms with E-state index in [0.29, 0.717) is 24.0 Å². The van der Waals surface area contributed by atoms with Gasteiger partial charge in [-0.1, -0.05) is 29.4 Å². The van der Waals surface area contributed by atoms with Gasteiger partial charge in [0.15, 0.2) is 6.61 Å². The van der Waals surface area contributed by atoms with E-state index in [-0.39, 0.29) is 12.4 Å². The van der Waals surface area contributed by atoms with Gasteiger partial charge in [-0.05, 0) is 61.8 Å². The Balaban J connectivity index is 1.26. The van der Waals surface area contributed by atoms with E-state index in [0.717, 1.165) is 39.1 Å². The summed E-state index contributed by atoms with van der Waals surface area (Å²) in [5.41, 5.74) is 2.74. The van der Waals surface area contributed by atoms with Crippen LogP contribution in [0, 0.1) is 12.7 Å². The highest BCUT2D eigenvalue weighted by Gasteiger charge is 2.18. The van der Waals surface area contributed by atoms with E-state index in [4.69, 9.17) is 9.26 Å². The summed E-state index contributed by atoms with van der Waals surface area (Å²) in [6.07, 6.45) is 1.11. The van der Waals surface area contributed by atoms with Gasteiger partial charge in [0.1, 0.15) is 11.6 Å². The zero-order valence-corrected chi connectivity index (χ0v) is 17.3. The summed E-state index contributed by atoms with van der Waals surface area (Å²) < 4.78 is 23.9. The van der Waals surface area contributed by atoms with Crippen molar-refractivity contribution in [1.82, 2.24) is 19.9 Å². The lowest BCUT2D eigenvalue weighted by molar-refractivity contribution is 0.221. The summed E-state index contributed by atoms with van der Waals surface area (Å²) in [5, 5.41) is 4.00. The predicted molar refractivity (Wildman–Crippen MR) is 111 cm³/mol. The Kier molecular flexibility index (Phi) is 6.71. The number of halogens is 1. The second-order valence-corrected chi connectivity index (χ2v) is 7.68. The molecule has 158 valence electrons. The van der Waals surface area contributed by atoms with Crippen molar-refractivity contribution in [1.29, 1.82) is 0 Å². The fourth-order valence-electron chi connectivity index (χ4n) is 3.65. The highest BCUT2D eigenvalue weighted by molar-refractivity contribution is 5.25. The van der Waals surface area contributed by atoms with Crippen LogP contribution in [0.1, 0.15) is 29.3 Å². The molecule has 1 aromatic heterocycles. The van der Waals surface area contributed by atoms with Crippen LogP contribution in [-0.2, 0) is 19.7 Å². The Morgan fingerprint density at radius 2 is 1.70 bits per heavy atom. The van der Waals surface area contributed by atoms with Crippen LogP contribution < -0.4 is 4.74 Å². The summed E-state index contributed by atoms with van der Waals surface area (Å²) in [7, 11) is 0. The molecule has 0 atom stereocenters. The molecule has 0 radical (unpaired) electrons. The molecular weight excluding hydrogens is 383 g/mol. The Hall–Kier alpha value is -2.77. The van der Waals surface area contributed by atoms with Crippen molar-refractivity contribution < 1.29 is 13.7 Å². The van der Waals surface area contributed by atoms with Crippen LogP contribution in [0.5, 0.6) is 5.75 Å². The second kappa shape index (κ2) is 9.82. The van der Waals surface area contributed by atoms with Crippen LogP contribution in [0.2, 0.25) is 0 Å². The van der Waals surface area contributed by atoms with E-state index in [1.165, 1.54) is 23.3 Å². The van der Waals surface area contributed by atoms with E-state index in [1.807, 2.05) is 0 Å². The van der Waals surface area contributed by atoms with Crippen LogP contribution >= 0.6 is 0 Å². The maximum Gasteiger partial charge on any atom is 0.240 e. The van der Waals surface area contributed by atoms with Crippen LogP contribution in [-0.4, -0.2) is 46.1 Å². The minimum Gasteiger partial charge on any atom is -0.485 e. The standard InChI is InChI=1S/C23H27FN4O2/c1-18-5-2-3-6-19(18)15-27-11-4-12-28(14-13-27)16-23-25-22(26-30-23)17-29-21-9-7-20(24)8-10-21/h2-3,5-10H,4,11-17H2,1H3. The topological polar surface area (TPSA) is 54.6 Å². The molecule has 2 heterocycles. The van der Waals surface area contributed by atoms with Gasteiger partial charge < -0.3 is 9.26 Å². The molecule has 2 aromatic carbocycles. The van der Waals surface area contributed by atoms with Gasteiger partial charge in [-0.25, -0.2) is 4.39 Å². The maximum atomic E-state index is 13.0. The van der Waals surface area contributed by atoms with Crippen LogP contribution in [0.15, 0.2) is 53.1 Å². The third kappa shape index (κ3) is 5.64. The lowest BCUT2D eigenvalue weighted by atomic mass is 10.1. The first-order valence-corrected chi connectivity index (χ1v) is 10.3. The summed E-state index contributed by atoms with van der Waals surface area (Å²) in [6, 6.07) is 14.5. The number of ether oxygens (including phenoxy) is 1. The number of hydrogen-bond acceptors (Lipinski definition) is 6. The molecule has 0 aliphatic carbocycles. The molecule has 0 saturated carbocycles. The van der Waals surface area contributed by atoms with Crippen molar-refractivity contribution in [2.45, 2.75) is 33.0 Å². The largest absolute Gasteiger partial charge is 0.485 e. The fourth-order valence-corrected chi connectivity index (χ4v) is 3.65. The molecule has 1 saturated heterocycles.